The molecule has 1 amide bonds. The first-order valence-corrected chi connectivity index (χ1v) is 11.1. The predicted octanol–water partition coefficient (Wildman–Crippen LogP) is 5.60. The van der Waals surface area contributed by atoms with Gasteiger partial charge >= 0.3 is 0 Å². The van der Waals surface area contributed by atoms with Gasteiger partial charge in [-0.1, -0.05) is 46.3 Å². The van der Waals surface area contributed by atoms with Crippen LogP contribution in [0.5, 0.6) is 11.5 Å². The standard InChI is InChI=1S/C24H23BrN2O3S/c1-2-29-22-13-8-18(25)16-21(22)23(28)27-24(31)26-19-9-11-20(12-10-19)30-15-14-17-6-4-3-5-7-17/h3-13,16H,2,14-15H2,1H3,(H2,26,27,28,31). The van der Waals surface area contributed by atoms with Gasteiger partial charge in [-0.25, -0.2) is 0 Å². The topological polar surface area (TPSA) is 59.6 Å². The third-order valence-corrected chi connectivity index (χ3v) is 5.02. The number of amides is 1. The van der Waals surface area contributed by atoms with Gasteiger partial charge in [-0.3, -0.25) is 10.1 Å². The van der Waals surface area contributed by atoms with Crippen molar-refractivity contribution in [3.05, 3.63) is 88.4 Å². The number of anilines is 1. The molecule has 3 rings (SSSR count). The molecule has 0 unspecified atom stereocenters. The van der Waals surface area contributed by atoms with E-state index in [1.807, 2.05) is 55.5 Å². The molecule has 0 aliphatic carbocycles. The van der Waals surface area contributed by atoms with Crippen molar-refractivity contribution in [1.29, 1.82) is 0 Å². The van der Waals surface area contributed by atoms with Crippen molar-refractivity contribution < 1.29 is 14.3 Å². The molecular formula is C24H23BrN2O3S. The molecule has 0 heterocycles. The Kier molecular flexibility index (Phi) is 8.44. The van der Waals surface area contributed by atoms with Gasteiger partial charge < -0.3 is 14.8 Å². The van der Waals surface area contributed by atoms with Gasteiger partial charge in [0.2, 0.25) is 0 Å². The van der Waals surface area contributed by atoms with E-state index in [2.05, 4.69) is 38.7 Å². The van der Waals surface area contributed by atoms with E-state index in [1.54, 1.807) is 12.1 Å². The van der Waals surface area contributed by atoms with Gasteiger partial charge in [0.25, 0.3) is 5.91 Å². The molecule has 0 saturated heterocycles. The zero-order valence-corrected chi connectivity index (χ0v) is 19.5. The molecule has 2 N–H and O–H groups in total. The Bertz CT molecular complexity index is 1030. The van der Waals surface area contributed by atoms with Crippen LogP contribution in [0.3, 0.4) is 0 Å². The van der Waals surface area contributed by atoms with Crippen LogP contribution < -0.4 is 20.1 Å². The van der Waals surface area contributed by atoms with Gasteiger partial charge in [0.1, 0.15) is 11.5 Å². The van der Waals surface area contributed by atoms with Crippen molar-refractivity contribution in [2.24, 2.45) is 0 Å². The summed E-state index contributed by atoms with van der Waals surface area (Å²) >= 11 is 8.66. The Labute approximate surface area is 195 Å². The first-order chi connectivity index (χ1) is 15.0. The number of nitrogens with one attached hydrogen (secondary N) is 2. The van der Waals surface area contributed by atoms with Crippen LogP contribution in [-0.4, -0.2) is 24.2 Å². The number of hydrogen-bond acceptors (Lipinski definition) is 4. The fourth-order valence-corrected chi connectivity index (χ4v) is 3.43. The summed E-state index contributed by atoms with van der Waals surface area (Å²) in [7, 11) is 0. The maximum absolute atomic E-state index is 12.6. The van der Waals surface area contributed by atoms with Crippen LogP contribution in [0.1, 0.15) is 22.8 Å². The number of thiocarbonyl (C=S) groups is 1. The third kappa shape index (κ3) is 7.08. The molecule has 0 bridgehead atoms. The minimum Gasteiger partial charge on any atom is -0.493 e. The summed E-state index contributed by atoms with van der Waals surface area (Å²) in [6.45, 7) is 2.93. The normalized spacial score (nSPS) is 10.3. The Morgan fingerprint density at radius 1 is 1.00 bits per heavy atom. The van der Waals surface area contributed by atoms with E-state index in [0.717, 1.165) is 22.3 Å². The number of benzene rings is 3. The first kappa shape index (κ1) is 22.8. The molecule has 7 heteroatoms. The third-order valence-electron chi connectivity index (χ3n) is 4.33. The van der Waals surface area contributed by atoms with E-state index in [1.165, 1.54) is 5.56 Å². The molecule has 0 aliphatic rings. The van der Waals surface area contributed by atoms with E-state index in [9.17, 15) is 4.79 Å². The van der Waals surface area contributed by atoms with E-state index in [0.29, 0.717) is 24.5 Å². The molecule has 3 aromatic rings. The summed E-state index contributed by atoms with van der Waals surface area (Å²) in [5.41, 5.74) is 2.39. The molecule has 0 radical (unpaired) electrons. The van der Waals surface area contributed by atoms with Crippen LogP contribution in [0, 0.1) is 0 Å². The zero-order valence-electron chi connectivity index (χ0n) is 17.1. The van der Waals surface area contributed by atoms with Crippen molar-refractivity contribution >= 4 is 44.9 Å². The Morgan fingerprint density at radius 2 is 1.74 bits per heavy atom. The van der Waals surface area contributed by atoms with E-state index >= 15 is 0 Å². The van der Waals surface area contributed by atoms with Gasteiger partial charge in [-0.15, -0.1) is 0 Å². The monoisotopic (exact) mass is 498 g/mol. The summed E-state index contributed by atoms with van der Waals surface area (Å²) in [5, 5.41) is 5.90. The highest BCUT2D eigenvalue weighted by Crippen LogP contribution is 2.23. The molecule has 3 aromatic carbocycles. The summed E-state index contributed by atoms with van der Waals surface area (Å²) in [4.78, 5) is 12.6. The summed E-state index contributed by atoms with van der Waals surface area (Å²) < 4.78 is 12.1. The lowest BCUT2D eigenvalue weighted by molar-refractivity contribution is 0.0974. The smallest absolute Gasteiger partial charge is 0.261 e. The number of hydrogen-bond donors (Lipinski definition) is 2. The summed E-state index contributed by atoms with van der Waals surface area (Å²) in [5.74, 6) is 0.929. The molecule has 0 aromatic heterocycles. The van der Waals surface area contributed by atoms with Crippen molar-refractivity contribution in [3.8, 4) is 11.5 Å². The van der Waals surface area contributed by atoms with Gasteiger partial charge in [0.05, 0.1) is 18.8 Å². The lowest BCUT2D eigenvalue weighted by Crippen LogP contribution is -2.34. The average molecular weight is 499 g/mol. The molecule has 0 fully saturated rings. The fraction of sp³-hybridized carbons (Fsp3) is 0.167. The Balaban J connectivity index is 1.51. The van der Waals surface area contributed by atoms with Gasteiger partial charge in [0, 0.05) is 16.6 Å². The van der Waals surface area contributed by atoms with Crippen LogP contribution in [0.25, 0.3) is 0 Å². The predicted molar refractivity (Wildman–Crippen MR) is 131 cm³/mol. The molecule has 0 saturated carbocycles. The largest absolute Gasteiger partial charge is 0.493 e. The van der Waals surface area contributed by atoms with E-state index in [-0.39, 0.29) is 11.0 Å². The Morgan fingerprint density at radius 3 is 2.45 bits per heavy atom. The molecule has 5 nitrogen and oxygen atoms in total. The van der Waals surface area contributed by atoms with Gasteiger partial charge in [-0.05, 0) is 67.2 Å². The number of rotatable bonds is 8. The number of ether oxygens (including phenoxy) is 2. The van der Waals surface area contributed by atoms with Crippen LogP contribution in [0.4, 0.5) is 5.69 Å². The lowest BCUT2D eigenvalue weighted by atomic mass is 10.2. The van der Waals surface area contributed by atoms with Crippen molar-refractivity contribution in [1.82, 2.24) is 5.32 Å². The average Bonchev–Trinajstić information content (AvgIpc) is 2.77. The quantitative estimate of drug-likeness (QED) is 0.396. The first-order valence-electron chi connectivity index (χ1n) is 9.86. The molecule has 0 spiro atoms. The second-order valence-electron chi connectivity index (χ2n) is 6.59. The fourth-order valence-electron chi connectivity index (χ4n) is 2.86. The SMILES string of the molecule is CCOc1ccc(Br)cc1C(=O)NC(=S)Nc1ccc(OCCc2ccccc2)cc1. The van der Waals surface area contributed by atoms with Crippen molar-refractivity contribution in [3.63, 3.8) is 0 Å². The highest BCUT2D eigenvalue weighted by molar-refractivity contribution is 9.10. The van der Waals surface area contributed by atoms with E-state index < -0.39 is 0 Å². The maximum Gasteiger partial charge on any atom is 0.261 e. The lowest BCUT2D eigenvalue weighted by Gasteiger charge is -2.13. The van der Waals surface area contributed by atoms with Crippen LogP contribution >= 0.6 is 28.1 Å². The molecule has 0 atom stereocenters. The number of halogens is 1. The molecule has 31 heavy (non-hydrogen) atoms. The van der Waals surface area contributed by atoms with Crippen LogP contribution in [-0.2, 0) is 6.42 Å². The second-order valence-corrected chi connectivity index (χ2v) is 7.91. The van der Waals surface area contributed by atoms with E-state index in [4.69, 9.17) is 21.7 Å². The summed E-state index contributed by atoms with van der Waals surface area (Å²) in [6.07, 6.45) is 0.844. The number of carbonyl (C=O) groups excluding carboxylic acids is 1. The molecule has 160 valence electrons. The van der Waals surface area contributed by atoms with Gasteiger partial charge in [0.15, 0.2) is 5.11 Å². The minimum absolute atomic E-state index is 0.199. The second kappa shape index (κ2) is 11.5. The highest BCUT2D eigenvalue weighted by atomic mass is 79.9. The maximum atomic E-state index is 12.6. The van der Waals surface area contributed by atoms with Crippen LogP contribution in [0.15, 0.2) is 77.3 Å². The highest BCUT2D eigenvalue weighted by Gasteiger charge is 2.14. The minimum atomic E-state index is -0.344. The van der Waals surface area contributed by atoms with Crippen LogP contribution in [0.2, 0.25) is 0 Å². The summed E-state index contributed by atoms with van der Waals surface area (Å²) in [6, 6.07) is 22.9. The van der Waals surface area contributed by atoms with Gasteiger partial charge in [-0.2, -0.15) is 0 Å². The van der Waals surface area contributed by atoms with Crippen molar-refractivity contribution in [2.45, 2.75) is 13.3 Å². The Hall–Kier alpha value is -2.90. The molecular weight excluding hydrogens is 476 g/mol. The molecule has 0 aliphatic heterocycles. The number of carbonyl (C=O) groups is 1. The zero-order chi connectivity index (χ0) is 22.1. The van der Waals surface area contributed by atoms with Crippen molar-refractivity contribution in [2.75, 3.05) is 18.5 Å².